The maximum absolute atomic E-state index is 13.1. The third-order valence-corrected chi connectivity index (χ3v) is 7.44. The van der Waals surface area contributed by atoms with E-state index in [4.69, 9.17) is 27.9 Å². The van der Waals surface area contributed by atoms with E-state index in [1.165, 1.54) is 13.2 Å². The van der Waals surface area contributed by atoms with E-state index in [2.05, 4.69) is 9.88 Å². The van der Waals surface area contributed by atoms with Crippen LogP contribution in [0.1, 0.15) is 11.1 Å². The van der Waals surface area contributed by atoms with E-state index in [0.717, 1.165) is 38.7 Å². The Kier molecular flexibility index (Phi) is 7.46. The van der Waals surface area contributed by atoms with E-state index in [-0.39, 0.29) is 4.91 Å². The lowest BCUT2D eigenvalue weighted by Gasteiger charge is -2.13. The SMILES string of the molecule is COc1ccc(NC(=O)CN2C(=O)S/C(=C\c3cn(Cc4ccc(Cl)cc4)c4ccccc34)C2=O)cc1Cl. The van der Waals surface area contributed by atoms with Crippen molar-refractivity contribution in [1.82, 2.24) is 9.47 Å². The first-order valence-corrected chi connectivity index (χ1v) is 13.1. The van der Waals surface area contributed by atoms with Gasteiger partial charge in [-0.25, -0.2) is 0 Å². The molecule has 0 radical (unpaired) electrons. The van der Waals surface area contributed by atoms with Crippen LogP contribution in [-0.2, 0) is 16.1 Å². The van der Waals surface area contributed by atoms with Crippen LogP contribution in [0.4, 0.5) is 10.5 Å². The molecule has 0 aliphatic carbocycles. The number of amides is 3. The molecule has 7 nitrogen and oxygen atoms in total. The highest BCUT2D eigenvalue weighted by Gasteiger charge is 2.36. The molecule has 1 aliphatic heterocycles. The average molecular weight is 566 g/mol. The standard InChI is InChI=1S/C28H21Cl2N3O4S/c1-37-24-11-10-20(13-22(24)30)31-26(34)16-33-27(35)25(38-28(33)36)12-18-15-32(23-5-3-2-4-21(18)23)14-17-6-8-19(29)9-7-17/h2-13,15H,14,16H2,1H3,(H,31,34)/b25-12-. The summed E-state index contributed by atoms with van der Waals surface area (Å²) in [6.07, 6.45) is 3.65. The number of hydrogen-bond donors (Lipinski definition) is 1. The molecule has 1 aromatic heterocycles. The largest absolute Gasteiger partial charge is 0.495 e. The van der Waals surface area contributed by atoms with Gasteiger partial charge in [0, 0.05) is 39.9 Å². The molecule has 1 aliphatic rings. The average Bonchev–Trinajstić information content (AvgIpc) is 3.37. The minimum Gasteiger partial charge on any atom is -0.495 e. The van der Waals surface area contributed by atoms with Gasteiger partial charge >= 0.3 is 0 Å². The van der Waals surface area contributed by atoms with Crippen LogP contribution in [0.2, 0.25) is 10.0 Å². The zero-order valence-electron chi connectivity index (χ0n) is 20.1. The van der Waals surface area contributed by atoms with Crippen molar-refractivity contribution in [1.29, 1.82) is 0 Å². The zero-order chi connectivity index (χ0) is 26.8. The molecule has 2 heterocycles. The molecule has 10 heteroatoms. The Morgan fingerprint density at radius 1 is 1.05 bits per heavy atom. The number of aromatic nitrogens is 1. The van der Waals surface area contributed by atoms with E-state index >= 15 is 0 Å². The normalized spacial score (nSPS) is 14.5. The van der Waals surface area contributed by atoms with Gasteiger partial charge in [-0.15, -0.1) is 0 Å². The number of fused-ring (bicyclic) bond motifs is 1. The Balaban J connectivity index is 1.34. The van der Waals surface area contributed by atoms with E-state index in [1.807, 2.05) is 54.7 Å². The number of nitrogens with one attached hydrogen (secondary N) is 1. The zero-order valence-corrected chi connectivity index (χ0v) is 22.4. The summed E-state index contributed by atoms with van der Waals surface area (Å²) < 4.78 is 7.19. The lowest BCUT2D eigenvalue weighted by Crippen LogP contribution is -2.36. The number of methoxy groups -OCH3 is 1. The maximum atomic E-state index is 13.1. The van der Waals surface area contributed by atoms with Gasteiger partial charge in [0.25, 0.3) is 11.1 Å². The summed E-state index contributed by atoms with van der Waals surface area (Å²) in [5, 5.41) is 4.10. The highest BCUT2D eigenvalue weighted by atomic mass is 35.5. The van der Waals surface area contributed by atoms with Gasteiger partial charge in [0.1, 0.15) is 12.3 Å². The van der Waals surface area contributed by atoms with Gasteiger partial charge in [0.2, 0.25) is 5.91 Å². The van der Waals surface area contributed by atoms with Gasteiger partial charge < -0.3 is 14.6 Å². The van der Waals surface area contributed by atoms with Crippen LogP contribution in [0, 0.1) is 0 Å². The third kappa shape index (κ3) is 5.43. The van der Waals surface area contributed by atoms with Crippen molar-refractivity contribution in [3.63, 3.8) is 0 Å². The smallest absolute Gasteiger partial charge is 0.294 e. The quantitative estimate of drug-likeness (QED) is 0.253. The molecule has 192 valence electrons. The maximum Gasteiger partial charge on any atom is 0.294 e. The molecule has 1 fully saturated rings. The fourth-order valence-electron chi connectivity index (χ4n) is 4.17. The van der Waals surface area contributed by atoms with Crippen molar-refractivity contribution in [2.24, 2.45) is 0 Å². The number of hydrogen-bond acceptors (Lipinski definition) is 5. The van der Waals surface area contributed by atoms with Crippen molar-refractivity contribution in [3.05, 3.63) is 99.0 Å². The number of carbonyl (C=O) groups is 3. The minimum atomic E-state index is -0.519. The second-order valence-corrected chi connectivity index (χ2v) is 10.4. The Labute approximate surface area is 233 Å². The van der Waals surface area contributed by atoms with E-state index in [1.54, 1.807) is 18.2 Å². The number of rotatable bonds is 7. The molecule has 1 saturated heterocycles. The lowest BCUT2D eigenvalue weighted by atomic mass is 10.1. The first kappa shape index (κ1) is 25.9. The highest BCUT2D eigenvalue weighted by molar-refractivity contribution is 8.18. The third-order valence-electron chi connectivity index (χ3n) is 5.98. The summed E-state index contributed by atoms with van der Waals surface area (Å²) >= 11 is 12.9. The van der Waals surface area contributed by atoms with Crippen molar-refractivity contribution >= 4 is 74.7 Å². The van der Waals surface area contributed by atoms with Crippen LogP contribution in [0.5, 0.6) is 5.75 Å². The van der Waals surface area contributed by atoms with E-state index in [9.17, 15) is 14.4 Å². The summed E-state index contributed by atoms with van der Waals surface area (Å²) in [5.41, 5.74) is 3.30. The molecule has 38 heavy (non-hydrogen) atoms. The molecule has 4 aromatic rings. The number of ether oxygens (including phenoxy) is 1. The molecule has 5 rings (SSSR count). The first-order chi connectivity index (χ1) is 18.3. The number of para-hydroxylation sites is 1. The molecule has 3 amide bonds. The Morgan fingerprint density at radius 3 is 2.55 bits per heavy atom. The number of thioether (sulfide) groups is 1. The number of anilines is 1. The highest BCUT2D eigenvalue weighted by Crippen LogP contribution is 2.34. The second kappa shape index (κ2) is 10.9. The van der Waals surface area contributed by atoms with Gasteiger partial charge in [-0.1, -0.05) is 53.5 Å². The minimum absolute atomic E-state index is 0.254. The van der Waals surface area contributed by atoms with Gasteiger partial charge in [0.15, 0.2) is 0 Å². The molecular weight excluding hydrogens is 545 g/mol. The summed E-state index contributed by atoms with van der Waals surface area (Å²) in [4.78, 5) is 39.5. The molecule has 0 bridgehead atoms. The number of halogens is 2. The molecule has 3 aromatic carbocycles. The van der Waals surface area contributed by atoms with Crippen LogP contribution in [0.25, 0.3) is 17.0 Å². The molecule has 0 saturated carbocycles. The molecular formula is C28H21Cl2N3O4S. The van der Waals surface area contributed by atoms with Crippen molar-refractivity contribution in [2.75, 3.05) is 19.0 Å². The first-order valence-electron chi connectivity index (χ1n) is 11.5. The fourth-order valence-corrected chi connectivity index (χ4v) is 5.39. The van der Waals surface area contributed by atoms with Crippen LogP contribution in [0.3, 0.4) is 0 Å². The van der Waals surface area contributed by atoms with Crippen molar-refractivity contribution in [2.45, 2.75) is 6.54 Å². The molecule has 0 unspecified atom stereocenters. The number of carbonyl (C=O) groups excluding carboxylic acids is 3. The predicted octanol–water partition coefficient (Wildman–Crippen LogP) is 6.68. The van der Waals surface area contributed by atoms with Crippen LogP contribution >= 0.6 is 35.0 Å². The topological polar surface area (TPSA) is 80.6 Å². The van der Waals surface area contributed by atoms with Crippen molar-refractivity contribution in [3.8, 4) is 5.75 Å². The predicted molar refractivity (Wildman–Crippen MR) is 152 cm³/mol. The monoisotopic (exact) mass is 565 g/mol. The number of benzene rings is 3. The van der Waals surface area contributed by atoms with Gasteiger partial charge in [-0.2, -0.15) is 0 Å². The number of nitrogens with zero attached hydrogens (tertiary/aromatic N) is 2. The van der Waals surface area contributed by atoms with Crippen LogP contribution in [0.15, 0.2) is 77.8 Å². The summed E-state index contributed by atoms with van der Waals surface area (Å²) in [7, 11) is 1.49. The van der Waals surface area contributed by atoms with E-state index < -0.39 is 23.6 Å². The Hall–Kier alpha value is -3.72. The Morgan fingerprint density at radius 2 is 1.82 bits per heavy atom. The lowest BCUT2D eigenvalue weighted by molar-refractivity contribution is -0.127. The molecule has 0 atom stereocenters. The van der Waals surface area contributed by atoms with Crippen molar-refractivity contribution < 1.29 is 19.1 Å². The molecule has 0 spiro atoms. The van der Waals surface area contributed by atoms with Crippen LogP contribution in [-0.4, -0.2) is 40.2 Å². The fraction of sp³-hybridized carbons (Fsp3) is 0.107. The second-order valence-electron chi connectivity index (χ2n) is 8.52. The molecule has 1 N–H and O–H groups in total. The number of imide groups is 1. The summed E-state index contributed by atoms with van der Waals surface area (Å²) in [6.45, 7) is 0.201. The van der Waals surface area contributed by atoms with E-state index in [0.29, 0.717) is 28.0 Å². The summed E-state index contributed by atoms with van der Waals surface area (Å²) in [6, 6.07) is 20.2. The van der Waals surface area contributed by atoms with Gasteiger partial charge in [-0.05, 0) is 59.8 Å². The van der Waals surface area contributed by atoms with Gasteiger partial charge in [0.05, 0.1) is 17.0 Å². The Bertz CT molecular complexity index is 1600. The summed E-state index contributed by atoms with van der Waals surface area (Å²) in [5.74, 6) is -0.568. The van der Waals surface area contributed by atoms with Gasteiger partial charge in [-0.3, -0.25) is 19.3 Å². The van der Waals surface area contributed by atoms with Crippen LogP contribution < -0.4 is 10.1 Å².